The second-order valence-electron chi connectivity index (χ2n) is 8.84. The van der Waals surface area contributed by atoms with Crippen molar-refractivity contribution in [3.63, 3.8) is 0 Å². The SMILES string of the molecule is Cc1ccc(O[C@H]2CN(Cc3ccc(OC[C@H](C)NC(C)C)cc3)C[C@@H]2O)cc1C. The van der Waals surface area contributed by atoms with E-state index in [1.807, 2.05) is 24.3 Å². The molecule has 2 N–H and O–H groups in total. The molecule has 3 rings (SSSR count). The molecule has 3 atom stereocenters. The molecule has 1 aliphatic rings. The highest BCUT2D eigenvalue weighted by Crippen LogP contribution is 2.23. The van der Waals surface area contributed by atoms with E-state index in [0.29, 0.717) is 31.8 Å². The first-order valence-corrected chi connectivity index (χ1v) is 10.9. The van der Waals surface area contributed by atoms with Gasteiger partial charge in [-0.3, -0.25) is 4.90 Å². The number of β-amino-alcohol motifs (C(OH)–C–C–N with tert-alkyl or cyclic N) is 1. The lowest BCUT2D eigenvalue weighted by atomic mass is 10.1. The van der Waals surface area contributed by atoms with Crippen LogP contribution in [0.1, 0.15) is 37.5 Å². The van der Waals surface area contributed by atoms with Gasteiger partial charge in [0.15, 0.2) is 0 Å². The Morgan fingerprint density at radius 3 is 2.37 bits per heavy atom. The van der Waals surface area contributed by atoms with Gasteiger partial charge in [-0.15, -0.1) is 0 Å². The van der Waals surface area contributed by atoms with Crippen molar-refractivity contribution in [1.82, 2.24) is 10.2 Å². The number of nitrogens with one attached hydrogen (secondary N) is 1. The molecule has 0 aromatic heterocycles. The van der Waals surface area contributed by atoms with Gasteiger partial charge in [0.2, 0.25) is 0 Å². The van der Waals surface area contributed by atoms with E-state index in [1.165, 1.54) is 16.7 Å². The van der Waals surface area contributed by atoms with Gasteiger partial charge in [-0.1, -0.05) is 32.0 Å². The molecule has 0 aliphatic carbocycles. The average molecular weight is 413 g/mol. The van der Waals surface area contributed by atoms with Crippen molar-refractivity contribution in [2.45, 2.75) is 65.5 Å². The highest BCUT2D eigenvalue weighted by molar-refractivity contribution is 5.34. The molecule has 0 amide bonds. The number of benzene rings is 2. The minimum Gasteiger partial charge on any atom is -0.492 e. The first-order valence-electron chi connectivity index (χ1n) is 10.9. The van der Waals surface area contributed by atoms with Crippen LogP contribution in [0.15, 0.2) is 42.5 Å². The lowest BCUT2D eigenvalue weighted by Gasteiger charge is -2.18. The third-order valence-corrected chi connectivity index (χ3v) is 5.53. The summed E-state index contributed by atoms with van der Waals surface area (Å²) in [6.07, 6.45) is -0.686. The molecule has 2 aromatic carbocycles. The van der Waals surface area contributed by atoms with Crippen LogP contribution >= 0.6 is 0 Å². The van der Waals surface area contributed by atoms with Crippen LogP contribution in [0.5, 0.6) is 11.5 Å². The molecule has 1 heterocycles. The largest absolute Gasteiger partial charge is 0.492 e. The van der Waals surface area contributed by atoms with E-state index in [2.05, 4.69) is 63.0 Å². The quantitative estimate of drug-likeness (QED) is 0.658. The maximum atomic E-state index is 10.5. The second-order valence-corrected chi connectivity index (χ2v) is 8.84. The molecule has 1 saturated heterocycles. The predicted molar refractivity (Wildman–Crippen MR) is 121 cm³/mol. The fourth-order valence-corrected chi connectivity index (χ4v) is 3.83. The molecule has 0 saturated carbocycles. The molecule has 2 aromatic rings. The van der Waals surface area contributed by atoms with Gasteiger partial charge in [-0.2, -0.15) is 0 Å². The van der Waals surface area contributed by atoms with Gasteiger partial charge in [0.1, 0.15) is 30.3 Å². The number of hydrogen-bond acceptors (Lipinski definition) is 5. The third-order valence-electron chi connectivity index (χ3n) is 5.53. The van der Waals surface area contributed by atoms with E-state index < -0.39 is 6.10 Å². The Morgan fingerprint density at radius 2 is 1.70 bits per heavy atom. The van der Waals surface area contributed by atoms with Crippen LogP contribution in [0, 0.1) is 13.8 Å². The zero-order valence-electron chi connectivity index (χ0n) is 18.9. The van der Waals surface area contributed by atoms with Crippen molar-refractivity contribution in [2.75, 3.05) is 19.7 Å². The Hall–Kier alpha value is -2.08. The fraction of sp³-hybridized carbons (Fsp3) is 0.520. The van der Waals surface area contributed by atoms with Crippen LogP contribution in [-0.4, -0.2) is 54.0 Å². The molecule has 30 heavy (non-hydrogen) atoms. The smallest absolute Gasteiger partial charge is 0.138 e. The Balaban J connectivity index is 1.48. The van der Waals surface area contributed by atoms with Crippen LogP contribution in [-0.2, 0) is 6.54 Å². The zero-order chi connectivity index (χ0) is 21.7. The van der Waals surface area contributed by atoms with Crippen LogP contribution in [0.25, 0.3) is 0 Å². The number of nitrogens with zero attached hydrogens (tertiary/aromatic N) is 1. The second kappa shape index (κ2) is 10.3. The molecule has 1 aliphatic heterocycles. The maximum Gasteiger partial charge on any atom is 0.138 e. The van der Waals surface area contributed by atoms with Gasteiger partial charge < -0.3 is 19.9 Å². The standard InChI is InChI=1S/C25H36N2O3/c1-17(2)26-20(5)16-29-22-10-7-21(8-11-22)13-27-14-24(28)25(15-27)30-23-9-6-18(3)19(4)12-23/h6-12,17,20,24-26,28H,13-16H2,1-5H3/t20-,24-,25-/m0/s1. The highest BCUT2D eigenvalue weighted by atomic mass is 16.5. The van der Waals surface area contributed by atoms with Crippen molar-refractivity contribution in [3.8, 4) is 11.5 Å². The van der Waals surface area contributed by atoms with E-state index in [9.17, 15) is 5.11 Å². The predicted octanol–water partition coefficient (Wildman–Crippen LogP) is 3.69. The van der Waals surface area contributed by atoms with E-state index in [-0.39, 0.29) is 6.10 Å². The summed E-state index contributed by atoms with van der Waals surface area (Å²) < 4.78 is 12.0. The van der Waals surface area contributed by atoms with Gasteiger partial charge in [0.05, 0.1) is 0 Å². The molecule has 0 unspecified atom stereocenters. The minimum absolute atomic E-state index is 0.204. The lowest BCUT2D eigenvalue weighted by Crippen LogP contribution is -2.36. The average Bonchev–Trinajstić information content (AvgIpc) is 3.02. The van der Waals surface area contributed by atoms with E-state index >= 15 is 0 Å². The van der Waals surface area contributed by atoms with Crippen molar-refractivity contribution in [3.05, 3.63) is 59.2 Å². The molecule has 0 radical (unpaired) electrons. The van der Waals surface area contributed by atoms with E-state index in [0.717, 1.165) is 18.0 Å². The number of hydrogen-bond donors (Lipinski definition) is 2. The summed E-state index contributed by atoms with van der Waals surface area (Å²) in [7, 11) is 0. The first-order chi connectivity index (χ1) is 14.3. The van der Waals surface area contributed by atoms with Crippen LogP contribution in [0.2, 0.25) is 0 Å². The number of aryl methyl sites for hydroxylation is 2. The van der Waals surface area contributed by atoms with E-state index in [1.54, 1.807) is 0 Å². The summed E-state index contributed by atoms with van der Waals surface area (Å²) in [5, 5.41) is 13.9. The van der Waals surface area contributed by atoms with Crippen molar-refractivity contribution >= 4 is 0 Å². The van der Waals surface area contributed by atoms with Gasteiger partial charge in [0, 0.05) is 31.7 Å². The zero-order valence-corrected chi connectivity index (χ0v) is 18.9. The lowest BCUT2D eigenvalue weighted by molar-refractivity contribution is 0.0736. The maximum absolute atomic E-state index is 10.5. The molecule has 0 spiro atoms. The van der Waals surface area contributed by atoms with Crippen molar-refractivity contribution in [1.29, 1.82) is 0 Å². The molecular weight excluding hydrogens is 376 g/mol. The van der Waals surface area contributed by atoms with Gasteiger partial charge in [-0.25, -0.2) is 0 Å². The van der Waals surface area contributed by atoms with Gasteiger partial charge in [-0.05, 0) is 61.7 Å². The Morgan fingerprint density at radius 1 is 1.00 bits per heavy atom. The molecule has 164 valence electrons. The number of rotatable bonds is 9. The number of ether oxygens (including phenoxy) is 2. The normalized spacial score (nSPS) is 20.5. The number of likely N-dealkylation sites (tertiary alicyclic amines) is 1. The molecule has 5 heteroatoms. The summed E-state index contributed by atoms with van der Waals surface area (Å²) in [6, 6.07) is 15.1. The van der Waals surface area contributed by atoms with Crippen molar-refractivity contribution in [2.24, 2.45) is 0 Å². The van der Waals surface area contributed by atoms with Crippen LogP contribution < -0.4 is 14.8 Å². The molecular formula is C25H36N2O3. The topological polar surface area (TPSA) is 54.0 Å². The summed E-state index contributed by atoms with van der Waals surface area (Å²) in [4.78, 5) is 2.24. The Kier molecular flexibility index (Phi) is 7.75. The van der Waals surface area contributed by atoms with Crippen molar-refractivity contribution < 1.29 is 14.6 Å². The number of aliphatic hydroxyl groups is 1. The monoisotopic (exact) mass is 412 g/mol. The summed E-state index contributed by atoms with van der Waals surface area (Å²) in [5.74, 6) is 1.71. The molecule has 5 nitrogen and oxygen atoms in total. The first kappa shape index (κ1) is 22.6. The highest BCUT2D eigenvalue weighted by Gasteiger charge is 2.33. The van der Waals surface area contributed by atoms with E-state index in [4.69, 9.17) is 9.47 Å². The molecule has 0 bridgehead atoms. The summed E-state index contributed by atoms with van der Waals surface area (Å²) >= 11 is 0. The fourth-order valence-electron chi connectivity index (χ4n) is 3.83. The summed E-state index contributed by atoms with van der Waals surface area (Å²) in [5.41, 5.74) is 3.65. The number of aliphatic hydroxyl groups excluding tert-OH is 1. The third kappa shape index (κ3) is 6.46. The summed E-state index contributed by atoms with van der Waals surface area (Å²) in [6.45, 7) is 13.3. The van der Waals surface area contributed by atoms with Gasteiger partial charge >= 0.3 is 0 Å². The van der Waals surface area contributed by atoms with Crippen LogP contribution in [0.3, 0.4) is 0 Å². The minimum atomic E-state index is -0.482. The van der Waals surface area contributed by atoms with Gasteiger partial charge in [0.25, 0.3) is 0 Å². The van der Waals surface area contributed by atoms with Crippen LogP contribution in [0.4, 0.5) is 0 Å². The Bertz CT molecular complexity index is 807. The Labute approximate surface area is 181 Å². The molecule has 1 fully saturated rings.